The van der Waals surface area contributed by atoms with Gasteiger partial charge in [-0.05, 0) is 184 Å². The summed E-state index contributed by atoms with van der Waals surface area (Å²) in [5.41, 5.74) is -2.16. The third-order valence-corrected chi connectivity index (χ3v) is 19.2. The second kappa shape index (κ2) is 23.7. The Labute approximate surface area is 444 Å². The van der Waals surface area contributed by atoms with Gasteiger partial charge in [-0.25, -0.2) is 8.42 Å². The molecule has 0 spiro atoms. The van der Waals surface area contributed by atoms with Crippen molar-refractivity contribution in [2.45, 2.75) is 175 Å². The number of aromatic hydroxyl groups is 1. The summed E-state index contributed by atoms with van der Waals surface area (Å²) in [6.45, 7) is 17.7. The normalized spacial score (nSPS) is 22.6. The average Bonchev–Trinajstić information content (AvgIpc) is 3.94. The largest absolute Gasteiger partial charge is 0.748 e. The summed E-state index contributed by atoms with van der Waals surface area (Å²) in [6, 6.07) is 35.8. The van der Waals surface area contributed by atoms with Crippen molar-refractivity contribution in [1.29, 1.82) is 0 Å². The van der Waals surface area contributed by atoms with E-state index in [-0.39, 0.29) is 45.7 Å². The number of carbonyl (C=O) groups excluding carboxylic acids is 3. The Morgan fingerprint density at radius 3 is 1.68 bits per heavy atom. The van der Waals surface area contributed by atoms with E-state index in [1.54, 1.807) is 26.0 Å². The van der Waals surface area contributed by atoms with Crippen LogP contribution in [0.5, 0.6) is 5.75 Å². The number of alkyl halides is 3. The van der Waals surface area contributed by atoms with E-state index >= 15 is 0 Å². The molecule has 5 fully saturated rings. The molecule has 4 aromatic carbocycles. The van der Waals surface area contributed by atoms with E-state index in [9.17, 15) is 40.5 Å². The van der Waals surface area contributed by atoms with Crippen molar-refractivity contribution in [3.8, 4) is 10.6 Å². The van der Waals surface area contributed by atoms with Crippen molar-refractivity contribution in [3.63, 3.8) is 0 Å². The monoisotopic (exact) mass is 1080 g/mol. The van der Waals surface area contributed by atoms with Crippen molar-refractivity contribution < 1.29 is 59.8 Å². The number of hydrogen-bond donors (Lipinski definition) is 1. The highest BCUT2D eigenvalue weighted by molar-refractivity contribution is 7.85. The number of benzene rings is 4. The van der Waals surface area contributed by atoms with Gasteiger partial charge in [-0.1, -0.05) is 82.3 Å². The molecule has 4 unspecified atom stereocenters. The molecule has 0 radical (unpaired) electrons. The summed E-state index contributed by atoms with van der Waals surface area (Å²) in [6.07, 6.45) is 1.27. The van der Waals surface area contributed by atoms with Crippen molar-refractivity contribution in [2.75, 3.05) is 5.75 Å². The lowest BCUT2D eigenvalue weighted by atomic mass is 9.48. The van der Waals surface area contributed by atoms with Gasteiger partial charge in [0.05, 0.1) is 32.1 Å². The zero-order chi connectivity index (χ0) is 55.2. The number of esters is 3. The second-order valence-electron chi connectivity index (χ2n) is 23.0. The standard InChI is InChI=1S/C20H29F3O7S.C18H13S.C12H22O2.C10H14O/c1-4-17(2,3)15(24)30-19-8-12-5-13(9-19)7-18(6-12,11-19)16(25)29-14(20(21,22)23)10-31(26,27)28;1-2-8-14(9-3-1)19-17-12-6-4-10-15(17)16-11-5-7-13-18(16)19;1-5-11(2,3)10(13)14-12(4)8-6-7-9-12;1-3-8(2)9-4-6-10(11)7-5-9/h12-14H,4-11H2,1-3H3,(H,26,27,28);1-13H;5-9H2,1-4H3;4-8,11H,3H2,1-2H3/q;+1;;/p-1. The average molecular weight is 1080 g/mol. The van der Waals surface area contributed by atoms with Crippen LogP contribution < -0.4 is 0 Å². The molecule has 1 N–H and O–H groups in total. The van der Waals surface area contributed by atoms with Crippen LogP contribution in [0.2, 0.25) is 0 Å². The highest BCUT2D eigenvalue weighted by atomic mass is 32.2. The molecular weight excluding hydrogens is 1000 g/mol. The molecular formula is C60H77F3O10S2. The minimum atomic E-state index is -5.27. The van der Waals surface area contributed by atoms with Gasteiger partial charge in [0.15, 0.2) is 14.3 Å². The van der Waals surface area contributed by atoms with Crippen LogP contribution in [0, 0.1) is 28.1 Å². The van der Waals surface area contributed by atoms with Gasteiger partial charge in [0.2, 0.25) is 6.10 Å². The molecule has 1 heterocycles. The predicted molar refractivity (Wildman–Crippen MR) is 290 cm³/mol. The van der Waals surface area contributed by atoms with Gasteiger partial charge >= 0.3 is 24.1 Å². The maximum atomic E-state index is 13.3. The number of thiophene rings is 1. The van der Waals surface area contributed by atoms with Gasteiger partial charge in [0.1, 0.15) is 17.0 Å². The van der Waals surface area contributed by atoms with Crippen LogP contribution in [0.15, 0.2) is 103 Å². The highest BCUT2D eigenvalue weighted by Crippen LogP contribution is 2.63. The Balaban J connectivity index is 0.000000176. The molecule has 5 aliphatic carbocycles. The molecule has 5 saturated carbocycles. The fraction of sp³-hybridized carbons (Fsp3) is 0.550. The van der Waals surface area contributed by atoms with Crippen LogP contribution in [-0.2, 0) is 38.7 Å². The lowest BCUT2D eigenvalue weighted by molar-refractivity contribution is -0.239. The highest BCUT2D eigenvalue weighted by Gasteiger charge is 2.64. The van der Waals surface area contributed by atoms with E-state index < -0.39 is 56.5 Å². The smallest absolute Gasteiger partial charge is 0.426 e. The summed E-state index contributed by atoms with van der Waals surface area (Å²) in [7, 11) is -5.21. The Morgan fingerprint density at radius 1 is 0.733 bits per heavy atom. The quantitative estimate of drug-likeness (QED) is 0.0521. The maximum absolute atomic E-state index is 13.3. The van der Waals surface area contributed by atoms with Gasteiger partial charge in [-0.15, -0.1) is 0 Å². The predicted octanol–water partition coefficient (Wildman–Crippen LogP) is 15.3. The van der Waals surface area contributed by atoms with Crippen molar-refractivity contribution in [2.24, 2.45) is 28.1 Å². The first-order chi connectivity index (χ1) is 35.1. The summed E-state index contributed by atoms with van der Waals surface area (Å²) in [5, 5.41) is 11.8. The van der Waals surface area contributed by atoms with Crippen molar-refractivity contribution in [1.82, 2.24) is 0 Å². The lowest BCUT2D eigenvalue weighted by Gasteiger charge is -2.60. The topological polar surface area (TPSA) is 156 Å². The van der Waals surface area contributed by atoms with Gasteiger partial charge in [0.25, 0.3) is 0 Å². The van der Waals surface area contributed by atoms with Crippen molar-refractivity contribution in [3.05, 3.63) is 109 Å². The molecule has 4 atom stereocenters. The zero-order valence-corrected chi connectivity index (χ0v) is 46.7. The number of carbonyl (C=O) groups is 3. The minimum Gasteiger partial charge on any atom is -0.748 e. The lowest BCUT2D eigenvalue weighted by Crippen LogP contribution is -2.61. The van der Waals surface area contributed by atoms with E-state index in [0.29, 0.717) is 43.8 Å². The number of ether oxygens (including phenoxy) is 3. The molecule has 4 bridgehead atoms. The third-order valence-electron chi connectivity index (χ3n) is 16.2. The molecule has 410 valence electrons. The third kappa shape index (κ3) is 14.7. The molecule has 15 heteroatoms. The molecule has 10 nitrogen and oxygen atoms in total. The van der Waals surface area contributed by atoms with Crippen LogP contribution in [-0.4, -0.2) is 65.2 Å². The van der Waals surface area contributed by atoms with Crippen molar-refractivity contribution >= 4 is 58.7 Å². The second-order valence-corrected chi connectivity index (χ2v) is 26.4. The first-order valence-corrected chi connectivity index (χ1v) is 29.3. The number of halogens is 3. The van der Waals surface area contributed by atoms with Crippen LogP contribution in [0.1, 0.15) is 157 Å². The zero-order valence-electron chi connectivity index (χ0n) is 45.1. The number of phenols is 1. The number of phenolic OH excluding ortho intramolecular Hbond substituents is 1. The maximum Gasteiger partial charge on any atom is 0.426 e. The van der Waals surface area contributed by atoms with Gasteiger partial charge in [-0.3, -0.25) is 14.4 Å². The van der Waals surface area contributed by atoms with Crippen LogP contribution in [0.3, 0.4) is 0 Å². The molecule has 5 aromatic rings. The number of hydrogen-bond acceptors (Lipinski definition) is 10. The van der Waals surface area contributed by atoms with E-state index in [0.717, 1.165) is 32.1 Å². The van der Waals surface area contributed by atoms with Gasteiger partial charge in [0, 0.05) is 27.7 Å². The molecule has 5 aliphatic rings. The van der Waals surface area contributed by atoms with Gasteiger partial charge < -0.3 is 23.9 Å². The molecule has 75 heavy (non-hydrogen) atoms. The summed E-state index contributed by atoms with van der Waals surface area (Å²) in [5.74, 6) is -2.54. The molecule has 10 rings (SSSR count). The van der Waals surface area contributed by atoms with Crippen LogP contribution >= 0.6 is 10.5 Å². The minimum absolute atomic E-state index is 0.00100. The van der Waals surface area contributed by atoms with E-state index in [2.05, 4.69) is 104 Å². The van der Waals surface area contributed by atoms with E-state index in [4.69, 9.17) is 14.6 Å². The van der Waals surface area contributed by atoms with Crippen LogP contribution in [0.25, 0.3) is 25.1 Å². The fourth-order valence-electron chi connectivity index (χ4n) is 11.1. The van der Waals surface area contributed by atoms with E-state index in [1.807, 2.05) is 39.8 Å². The van der Waals surface area contributed by atoms with Crippen LogP contribution in [0.4, 0.5) is 13.2 Å². The van der Waals surface area contributed by atoms with E-state index in [1.165, 1.54) is 43.5 Å². The molecule has 0 aliphatic heterocycles. The first kappa shape index (κ1) is 59.3. The summed E-state index contributed by atoms with van der Waals surface area (Å²) in [4.78, 5) is 38.9. The molecule has 1 aromatic heterocycles. The van der Waals surface area contributed by atoms with Gasteiger partial charge in [-0.2, -0.15) is 13.2 Å². The Kier molecular flexibility index (Phi) is 18.7. The summed E-state index contributed by atoms with van der Waals surface area (Å²) < 4.78 is 91.5. The molecule has 0 amide bonds. The number of fused-ring (bicyclic) bond motifs is 3. The Morgan fingerprint density at radius 2 is 1.21 bits per heavy atom. The fourth-order valence-corrected chi connectivity index (χ4v) is 14.1. The summed E-state index contributed by atoms with van der Waals surface area (Å²) >= 11 is 0. The number of rotatable bonds is 13. The SMILES string of the molecule is CCC(C)(C)C(=O)OC1(C)CCCC1.CCC(C)(C)C(=O)OC12CC3CC(C1)CC(C(=O)OC(CS(=O)(=O)[O-])C(F)(F)F)(C3)C2.CCC(C)c1ccc(O)cc1.c1ccc(-[s+]2c3ccccc3c3ccccc32)cc1. The Hall–Kier alpha value is -4.99. The Bertz CT molecular complexity index is 2780. The first-order valence-electron chi connectivity index (χ1n) is 26.5. The molecule has 0 saturated heterocycles.